The van der Waals surface area contributed by atoms with E-state index in [2.05, 4.69) is 12.2 Å². The molecule has 0 aliphatic carbocycles. The largest absolute Gasteiger partial charge is 0.378 e. The lowest BCUT2D eigenvalue weighted by atomic mass is 9.99. The number of nitrogens with two attached hydrogens (primary N) is 1. The van der Waals surface area contributed by atoms with Gasteiger partial charge in [-0.1, -0.05) is 20.3 Å². The summed E-state index contributed by atoms with van der Waals surface area (Å²) in [5, 5.41) is 2.93. The molecule has 3 atom stereocenters. The Morgan fingerprint density at radius 3 is 2.94 bits per heavy atom. The summed E-state index contributed by atoms with van der Waals surface area (Å²) in [6.07, 6.45) is 4.06. The van der Waals surface area contributed by atoms with Gasteiger partial charge in [-0.2, -0.15) is 0 Å². The van der Waals surface area contributed by atoms with E-state index in [4.69, 9.17) is 10.5 Å². The molecule has 0 aromatic heterocycles. The lowest BCUT2D eigenvalue weighted by Crippen LogP contribution is -2.43. The van der Waals surface area contributed by atoms with E-state index in [1.54, 1.807) is 0 Å². The molecule has 0 saturated carbocycles. The predicted molar refractivity (Wildman–Crippen MR) is 64.0 cm³/mol. The van der Waals surface area contributed by atoms with Gasteiger partial charge >= 0.3 is 0 Å². The molecular weight excluding hydrogens is 204 g/mol. The first-order valence-electron chi connectivity index (χ1n) is 6.33. The predicted octanol–water partition coefficient (Wildman–Crippen LogP) is 1.05. The molecule has 3 unspecified atom stereocenters. The fourth-order valence-corrected chi connectivity index (χ4v) is 2.18. The van der Waals surface area contributed by atoms with Gasteiger partial charge in [0.2, 0.25) is 5.91 Å². The van der Waals surface area contributed by atoms with Crippen LogP contribution in [0.2, 0.25) is 0 Å². The molecule has 1 rings (SSSR count). The molecule has 16 heavy (non-hydrogen) atoms. The van der Waals surface area contributed by atoms with Crippen molar-refractivity contribution in [2.24, 2.45) is 11.7 Å². The highest BCUT2D eigenvalue weighted by atomic mass is 16.5. The quantitative estimate of drug-likeness (QED) is 0.714. The Hall–Kier alpha value is -0.610. The van der Waals surface area contributed by atoms with Crippen LogP contribution in [-0.4, -0.2) is 31.2 Å². The van der Waals surface area contributed by atoms with Crippen LogP contribution in [0.25, 0.3) is 0 Å². The van der Waals surface area contributed by atoms with Gasteiger partial charge < -0.3 is 15.8 Å². The van der Waals surface area contributed by atoms with Gasteiger partial charge in [-0.3, -0.25) is 4.79 Å². The summed E-state index contributed by atoms with van der Waals surface area (Å²) < 4.78 is 5.57. The van der Waals surface area contributed by atoms with Gasteiger partial charge in [0, 0.05) is 19.1 Å². The Kier molecular flexibility index (Phi) is 5.77. The highest BCUT2D eigenvalue weighted by Crippen LogP contribution is 2.22. The molecule has 0 aromatic carbocycles. The average Bonchev–Trinajstić information content (AvgIpc) is 2.73. The maximum Gasteiger partial charge on any atom is 0.236 e. The monoisotopic (exact) mass is 228 g/mol. The molecule has 3 N–H and O–H groups in total. The lowest BCUT2D eigenvalue weighted by Gasteiger charge is -2.18. The first-order chi connectivity index (χ1) is 7.69. The number of nitrogens with one attached hydrogen (secondary N) is 1. The number of carbonyl (C=O) groups is 1. The third-order valence-corrected chi connectivity index (χ3v) is 3.22. The second kappa shape index (κ2) is 6.86. The van der Waals surface area contributed by atoms with Gasteiger partial charge in [-0.25, -0.2) is 0 Å². The molecule has 0 radical (unpaired) electrons. The van der Waals surface area contributed by atoms with E-state index in [1.165, 1.54) is 0 Å². The van der Waals surface area contributed by atoms with E-state index in [1.807, 2.05) is 6.92 Å². The first kappa shape index (κ1) is 13.5. The van der Waals surface area contributed by atoms with Crippen molar-refractivity contribution in [1.29, 1.82) is 0 Å². The molecular formula is C12H24N2O2. The average molecular weight is 228 g/mol. The van der Waals surface area contributed by atoms with E-state index in [0.29, 0.717) is 18.6 Å². The molecule has 1 aliphatic rings. The summed E-state index contributed by atoms with van der Waals surface area (Å²) in [6.45, 7) is 5.67. The fourth-order valence-electron chi connectivity index (χ4n) is 2.18. The highest BCUT2D eigenvalue weighted by molar-refractivity contribution is 5.81. The minimum absolute atomic E-state index is 0.0244. The van der Waals surface area contributed by atoms with Crippen LogP contribution in [0.15, 0.2) is 0 Å². The third kappa shape index (κ3) is 3.76. The summed E-state index contributed by atoms with van der Waals surface area (Å²) in [6, 6.07) is -0.354. The van der Waals surface area contributed by atoms with Gasteiger partial charge in [-0.15, -0.1) is 0 Å². The summed E-state index contributed by atoms with van der Waals surface area (Å²) in [5.74, 6) is 0.436. The normalized spacial score (nSPS) is 26.7. The van der Waals surface area contributed by atoms with Crippen molar-refractivity contribution in [3.8, 4) is 0 Å². The number of rotatable bonds is 6. The van der Waals surface area contributed by atoms with Crippen molar-refractivity contribution in [2.75, 3.05) is 13.2 Å². The van der Waals surface area contributed by atoms with Gasteiger partial charge in [0.25, 0.3) is 0 Å². The standard InChI is InChI=1S/C12H24N2O2/c1-3-5-10(13)12(15)14-8-9-6-7-16-11(9)4-2/h9-11H,3-8,13H2,1-2H3,(H,14,15). The van der Waals surface area contributed by atoms with Crippen molar-refractivity contribution in [2.45, 2.75) is 51.7 Å². The van der Waals surface area contributed by atoms with E-state index >= 15 is 0 Å². The van der Waals surface area contributed by atoms with E-state index in [0.717, 1.165) is 32.3 Å². The molecule has 94 valence electrons. The first-order valence-corrected chi connectivity index (χ1v) is 6.33. The van der Waals surface area contributed by atoms with Crippen LogP contribution in [0.1, 0.15) is 39.5 Å². The van der Waals surface area contributed by atoms with Crippen LogP contribution in [-0.2, 0) is 9.53 Å². The maximum atomic E-state index is 11.6. The molecule has 1 aliphatic heterocycles. The number of carbonyl (C=O) groups excluding carboxylic acids is 1. The topological polar surface area (TPSA) is 64.4 Å². The second-order valence-corrected chi connectivity index (χ2v) is 4.51. The zero-order valence-corrected chi connectivity index (χ0v) is 10.4. The van der Waals surface area contributed by atoms with Crippen molar-refractivity contribution in [3.63, 3.8) is 0 Å². The van der Waals surface area contributed by atoms with Crippen LogP contribution >= 0.6 is 0 Å². The Morgan fingerprint density at radius 2 is 2.31 bits per heavy atom. The summed E-state index contributed by atoms with van der Waals surface area (Å²) in [4.78, 5) is 11.6. The molecule has 0 spiro atoms. The minimum atomic E-state index is -0.354. The third-order valence-electron chi connectivity index (χ3n) is 3.22. The fraction of sp³-hybridized carbons (Fsp3) is 0.917. The van der Waals surface area contributed by atoms with Crippen molar-refractivity contribution in [3.05, 3.63) is 0 Å². The molecule has 1 amide bonds. The van der Waals surface area contributed by atoms with Gasteiger partial charge in [0.15, 0.2) is 0 Å². The number of hydrogen-bond acceptors (Lipinski definition) is 3. The smallest absolute Gasteiger partial charge is 0.236 e. The van der Waals surface area contributed by atoms with Gasteiger partial charge in [-0.05, 0) is 19.3 Å². The van der Waals surface area contributed by atoms with E-state index < -0.39 is 0 Å². The van der Waals surface area contributed by atoms with Gasteiger partial charge in [0.05, 0.1) is 12.1 Å². The SMILES string of the molecule is CCCC(N)C(=O)NCC1CCOC1CC. The zero-order valence-electron chi connectivity index (χ0n) is 10.4. The van der Waals surface area contributed by atoms with Crippen molar-refractivity contribution >= 4 is 5.91 Å². The van der Waals surface area contributed by atoms with Crippen LogP contribution in [0.3, 0.4) is 0 Å². The summed E-state index contributed by atoms with van der Waals surface area (Å²) in [7, 11) is 0. The van der Waals surface area contributed by atoms with Crippen molar-refractivity contribution < 1.29 is 9.53 Å². The Bertz CT molecular complexity index is 221. The van der Waals surface area contributed by atoms with Crippen LogP contribution in [0.4, 0.5) is 0 Å². The van der Waals surface area contributed by atoms with E-state index in [-0.39, 0.29) is 11.9 Å². The zero-order chi connectivity index (χ0) is 12.0. The number of ether oxygens (including phenoxy) is 1. The van der Waals surface area contributed by atoms with Crippen LogP contribution in [0.5, 0.6) is 0 Å². The Labute approximate surface area is 97.9 Å². The molecule has 1 fully saturated rings. The molecule has 1 saturated heterocycles. The molecule has 0 aromatic rings. The summed E-state index contributed by atoms with van der Waals surface area (Å²) >= 11 is 0. The lowest BCUT2D eigenvalue weighted by molar-refractivity contribution is -0.122. The van der Waals surface area contributed by atoms with Gasteiger partial charge in [0.1, 0.15) is 0 Å². The number of hydrogen-bond donors (Lipinski definition) is 2. The summed E-state index contributed by atoms with van der Waals surface area (Å²) in [5.41, 5.74) is 5.74. The molecule has 0 bridgehead atoms. The van der Waals surface area contributed by atoms with Crippen LogP contribution < -0.4 is 11.1 Å². The Morgan fingerprint density at radius 1 is 1.56 bits per heavy atom. The minimum Gasteiger partial charge on any atom is -0.378 e. The number of amides is 1. The molecule has 1 heterocycles. The molecule has 4 heteroatoms. The second-order valence-electron chi connectivity index (χ2n) is 4.51. The Balaban J connectivity index is 2.25. The highest BCUT2D eigenvalue weighted by Gasteiger charge is 2.27. The maximum absolute atomic E-state index is 11.6. The molecule has 4 nitrogen and oxygen atoms in total. The van der Waals surface area contributed by atoms with Crippen LogP contribution in [0, 0.1) is 5.92 Å². The van der Waals surface area contributed by atoms with Crippen molar-refractivity contribution in [1.82, 2.24) is 5.32 Å². The van der Waals surface area contributed by atoms with E-state index in [9.17, 15) is 4.79 Å².